The van der Waals surface area contributed by atoms with E-state index in [9.17, 15) is 9.59 Å². The van der Waals surface area contributed by atoms with Crippen LogP contribution in [0.3, 0.4) is 0 Å². The first-order valence-corrected chi connectivity index (χ1v) is 5.56. The van der Waals surface area contributed by atoms with Crippen molar-refractivity contribution in [2.24, 2.45) is 0 Å². The first-order valence-electron chi connectivity index (χ1n) is 5.56. The number of pyridine rings is 1. The van der Waals surface area contributed by atoms with Crippen LogP contribution in [0.5, 0.6) is 0 Å². The maximum Gasteiger partial charge on any atom is 0.168 e. The molecular weight excluding hydrogens is 226 g/mol. The summed E-state index contributed by atoms with van der Waals surface area (Å²) in [6, 6.07) is 13.1. The molecule has 1 heterocycles. The molecule has 0 radical (unpaired) electrons. The van der Waals surface area contributed by atoms with Gasteiger partial charge in [0.2, 0.25) is 0 Å². The lowest BCUT2D eigenvalue weighted by Gasteiger charge is -2.05. The summed E-state index contributed by atoms with van der Waals surface area (Å²) < 4.78 is 0. The molecule has 3 rings (SSSR count). The zero-order valence-electron chi connectivity index (χ0n) is 9.46. The summed E-state index contributed by atoms with van der Waals surface area (Å²) in [7, 11) is 0. The number of fused-ring (bicyclic) bond motifs is 3. The summed E-state index contributed by atoms with van der Waals surface area (Å²) in [4.78, 5) is 26.3. The number of benzene rings is 2. The second kappa shape index (κ2) is 4.04. The van der Waals surface area contributed by atoms with Crippen molar-refractivity contribution >= 4 is 34.2 Å². The molecule has 0 saturated carbocycles. The highest BCUT2D eigenvalue weighted by atomic mass is 16.1. The van der Waals surface area contributed by atoms with Gasteiger partial charge in [-0.2, -0.15) is 0 Å². The summed E-state index contributed by atoms with van der Waals surface area (Å²) in [5.41, 5.74) is 1.47. The van der Waals surface area contributed by atoms with Crippen LogP contribution in [0, 0.1) is 0 Å². The number of aromatic nitrogens is 1. The molecule has 0 atom stereocenters. The van der Waals surface area contributed by atoms with Crippen molar-refractivity contribution in [3.63, 3.8) is 0 Å². The minimum Gasteiger partial charge on any atom is -0.298 e. The summed E-state index contributed by atoms with van der Waals surface area (Å²) in [5.74, 6) is 0. The maximum atomic E-state index is 11.1. The first kappa shape index (κ1) is 10.6. The summed E-state index contributed by atoms with van der Waals surface area (Å²) in [6.07, 6.45) is 1.42. The number of nitrogens with zero attached hydrogens (tertiary/aromatic N) is 1. The van der Waals surface area contributed by atoms with Gasteiger partial charge in [0.15, 0.2) is 12.6 Å². The van der Waals surface area contributed by atoms with E-state index in [2.05, 4.69) is 4.98 Å². The second-order valence-corrected chi connectivity index (χ2v) is 4.05. The molecule has 0 saturated heterocycles. The van der Waals surface area contributed by atoms with Crippen molar-refractivity contribution in [2.75, 3.05) is 0 Å². The van der Waals surface area contributed by atoms with Crippen LogP contribution < -0.4 is 0 Å². The molecule has 0 aliphatic carbocycles. The Labute approximate surface area is 103 Å². The maximum absolute atomic E-state index is 11.1. The lowest BCUT2D eigenvalue weighted by atomic mass is 10.0. The number of carbonyl (C=O) groups excluding carboxylic acids is 2. The summed E-state index contributed by atoms with van der Waals surface area (Å²) >= 11 is 0. The van der Waals surface area contributed by atoms with Gasteiger partial charge in [-0.3, -0.25) is 9.59 Å². The minimum absolute atomic E-state index is 0.279. The molecular formula is C15H9NO2. The van der Waals surface area contributed by atoms with Crippen molar-refractivity contribution in [1.29, 1.82) is 0 Å². The lowest BCUT2D eigenvalue weighted by molar-refractivity contribution is 0.111. The van der Waals surface area contributed by atoms with E-state index in [1.165, 1.54) is 6.07 Å². The smallest absolute Gasteiger partial charge is 0.168 e. The SMILES string of the molecule is O=Cc1cc(C=O)c2ccc3ccccc3c2n1. The molecule has 0 unspecified atom stereocenters. The molecule has 86 valence electrons. The molecule has 0 aliphatic heterocycles. The third-order valence-electron chi connectivity index (χ3n) is 3.00. The Hall–Kier alpha value is -2.55. The third kappa shape index (κ3) is 1.49. The number of aldehydes is 2. The van der Waals surface area contributed by atoms with Crippen LogP contribution in [0.2, 0.25) is 0 Å². The van der Waals surface area contributed by atoms with Gasteiger partial charge in [-0.05, 0) is 11.5 Å². The molecule has 2 aromatic carbocycles. The van der Waals surface area contributed by atoms with Crippen molar-refractivity contribution in [3.05, 3.63) is 53.7 Å². The van der Waals surface area contributed by atoms with Crippen LogP contribution in [0.15, 0.2) is 42.5 Å². The Balaban J connectivity index is 2.56. The van der Waals surface area contributed by atoms with E-state index in [1.807, 2.05) is 36.4 Å². The van der Waals surface area contributed by atoms with E-state index in [1.54, 1.807) is 0 Å². The zero-order chi connectivity index (χ0) is 12.5. The van der Waals surface area contributed by atoms with E-state index in [4.69, 9.17) is 0 Å². The van der Waals surface area contributed by atoms with Crippen LogP contribution in [0.1, 0.15) is 20.8 Å². The van der Waals surface area contributed by atoms with E-state index < -0.39 is 0 Å². The largest absolute Gasteiger partial charge is 0.298 e. The quantitative estimate of drug-likeness (QED) is 0.506. The standard InChI is InChI=1S/C15H9NO2/c17-8-11-7-12(9-18)16-15-13-4-2-1-3-10(13)5-6-14(11)15/h1-9H. The highest BCUT2D eigenvalue weighted by molar-refractivity contribution is 6.10. The average Bonchev–Trinajstić information content (AvgIpc) is 2.45. The van der Waals surface area contributed by atoms with E-state index in [-0.39, 0.29) is 5.69 Å². The van der Waals surface area contributed by atoms with Crippen LogP contribution in [-0.2, 0) is 0 Å². The minimum atomic E-state index is 0.279. The number of hydrogen-bond acceptors (Lipinski definition) is 3. The highest BCUT2D eigenvalue weighted by Gasteiger charge is 2.07. The predicted octanol–water partition coefficient (Wildman–Crippen LogP) is 3.01. The summed E-state index contributed by atoms with van der Waals surface area (Å²) in [5, 5.41) is 2.76. The fourth-order valence-electron chi connectivity index (χ4n) is 2.16. The summed E-state index contributed by atoms with van der Waals surface area (Å²) in [6.45, 7) is 0. The average molecular weight is 235 g/mol. The number of hydrogen-bond donors (Lipinski definition) is 0. The van der Waals surface area contributed by atoms with Gasteiger partial charge in [0, 0.05) is 16.3 Å². The van der Waals surface area contributed by atoms with Crippen LogP contribution in [0.25, 0.3) is 21.7 Å². The Morgan fingerprint density at radius 2 is 1.72 bits per heavy atom. The van der Waals surface area contributed by atoms with Gasteiger partial charge < -0.3 is 0 Å². The Bertz CT molecular complexity index is 778. The normalized spacial score (nSPS) is 10.7. The first-order chi connectivity index (χ1) is 8.83. The van der Waals surface area contributed by atoms with E-state index >= 15 is 0 Å². The highest BCUT2D eigenvalue weighted by Crippen LogP contribution is 2.25. The molecule has 3 nitrogen and oxygen atoms in total. The van der Waals surface area contributed by atoms with Gasteiger partial charge in [0.25, 0.3) is 0 Å². The van der Waals surface area contributed by atoms with E-state index in [0.717, 1.165) is 22.4 Å². The lowest BCUT2D eigenvalue weighted by Crippen LogP contribution is -1.94. The monoisotopic (exact) mass is 235 g/mol. The molecule has 3 aromatic rings. The van der Waals surface area contributed by atoms with Gasteiger partial charge in [-0.25, -0.2) is 4.98 Å². The molecule has 0 spiro atoms. The molecule has 0 fully saturated rings. The molecule has 3 heteroatoms. The van der Waals surface area contributed by atoms with Gasteiger partial charge in [-0.15, -0.1) is 0 Å². The van der Waals surface area contributed by atoms with E-state index in [0.29, 0.717) is 17.4 Å². The van der Waals surface area contributed by atoms with Crippen molar-refractivity contribution in [1.82, 2.24) is 4.98 Å². The fourth-order valence-corrected chi connectivity index (χ4v) is 2.16. The van der Waals surface area contributed by atoms with Crippen molar-refractivity contribution in [3.8, 4) is 0 Å². The van der Waals surface area contributed by atoms with Crippen LogP contribution in [0.4, 0.5) is 0 Å². The Morgan fingerprint density at radius 1 is 0.889 bits per heavy atom. The Morgan fingerprint density at radius 3 is 2.50 bits per heavy atom. The van der Waals surface area contributed by atoms with Crippen LogP contribution in [-0.4, -0.2) is 17.6 Å². The molecule has 0 aliphatic rings. The van der Waals surface area contributed by atoms with Gasteiger partial charge in [-0.1, -0.05) is 36.4 Å². The second-order valence-electron chi connectivity index (χ2n) is 4.05. The van der Waals surface area contributed by atoms with Crippen molar-refractivity contribution < 1.29 is 9.59 Å². The van der Waals surface area contributed by atoms with Gasteiger partial charge >= 0.3 is 0 Å². The van der Waals surface area contributed by atoms with Crippen molar-refractivity contribution in [2.45, 2.75) is 0 Å². The number of carbonyl (C=O) groups is 2. The molecule has 1 aromatic heterocycles. The fraction of sp³-hybridized carbons (Fsp3) is 0. The predicted molar refractivity (Wildman–Crippen MR) is 70.0 cm³/mol. The number of rotatable bonds is 2. The Kier molecular flexibility index (Phi) is 2.38. The topological polar surface area (TPSA) is 47.0 Å². The zero-order valence-corrected chi connectivity index (χ0v) is 9.46. The molecule has 0 amide bonds. The molecule has 0 bridgehead atoms. The molecule has 0 N–H and O–H groups in total. The van der Waals surface area contributed by atoms with Gasteiger partial charge in [0.05, 0.1) is 5.52 Å². The third-order valence-corrected chi connectivity index (χ3v) is 3.00. The van der Waals surface area contributed by atoms with Crippen LogP contribution >= 0.6 is 0 Å². The van der Waals surface area contributed by atoms with Gasteiger partial charge in [0.1, 0.15) is 5.69 Å². The molecule has 18 heavy (non-hydrogen) atoms.